The summed E-state index contributed by atoms with van der Waals surface area (Å²) < 4.78 is 5.65. The van der Waals surface area contributed by atoms with Crippen molar-refractivity contribution in [2.45, 2.75) is 19.4 Å². The summed E-state index contributed by atoms with van der Waals surface area (Å²) in [5, 5.41) is 2.79. The third-order valence-corrected chi connectivity index (χ3v) is 4.20. The Hall–Kier alpha value is -2.82. The normalized spacial score (nSPS) is 20.2. The van der Waals surface area contributed by atoms with Gasteiger partial charge in [-0.2, -0.15) is 0 Å². The molecule has 5 nitrogen and oxygen atoms in total. The molecule has 2 aromatic carbocycles. The van der Waals surface area contributed by atoms with Gasteiger partial charge >= 0.3 is 6.03 Å². The van der Waals surface area contributed by atoms with Crippen LogP contribution in [-0.4, -0.2) is 30.0 Å². The minimum atomic E-state index is -1.03. The number of aryl methyl sites for hydroxylation is 1. The van der Waals surface area contributed by atoms with E-state index in [1.807, 2.05) is 61.5 Å². The number of carbonyl (C=O) groups is 2. The Morgan fingerprint density at radius 1 is 1.08 bits per heavy atom. The first-order valence-electron chi connectivity index (χ1n) is 7.90. The molecule has 1 aliphatic rings. The van der Waals surface area contributed by atoms with Crippen LogP contribution < -0.4 is 10.1 Å². The molecule has 1 aliphatic heterocycles. The third-order valence-electron chi connectivity index (χ3n) is 4.20. The van der Waals surface area contributed by atoms with Crippen molar-refractivity contribution in [3.8, 4) is 5.75 Å². The Morgan fingerprint density at radius 2 is 1.83 bits per heavy atom. The Balaban J connectivity index is 1.67. The van der Waals surface area contributed by atoms with Crippen LogP contribution in [0.1, 0.15) is 18.1 Å². The van der Waals surface area contributed by atoms with Crippen molar-refractivity contribution in [1.29, 1.82) is 0 Å². The fraction of sp³-hybridized carbons (Fsp3) is 0.263. The van der Waals surface area contributed by atoms with Crippen molar-refractivity contribution in [2.75, 3.05) is 13.2 Å². The number of hydrogen-bond donors (Lipinski definition) is 1. The highest BCUT2D eigenvalue weighted by Gasteiger charge is 2.48. The lowest BCUT2D eigenvalue weighted by molar-refractivity contribution is -0.131. The molecule has 1 atom stereocenters. The molecule has 5 heteroatoms. The predicted octanol–water partition coefficient (Wildman–Crippen LogP) is 2.84. The smallest absolute Gasteiger partial charge is 0.325 e. The van der Waals surface area contributed by atoms with Crippen LogP contribution in [0.3, 0.4) is 0 Å². The number of rotatable bonds is 5. The summed E-state index contributed by atoms with van der Waals surface area (Å²) in [6.45, 7) is 4.17. The number of ether oxygens (including phenoxy) is 1. The fourth-order valence-electron chi connectivity index (χ4n) is 2.83. The summed E-state index contributed by atoms with van der Waals surface area (Å²) in [5.41, 5.74) is 0.839. The second-order valence-corrected chi connectivity index (χ2v) is 6.04. The van der Waals surface area contributed by atoms with E-state index in [9.17, 15) is 9.59 Å². The molecule has 24 heavy (non-hydrogen) atoms. The highest BCUT2D eigenvalue weighted by molar-refractivity contribution is 6.07. The summed E-state index contributed by atoms with van der Waals surface area (Å²) in [6.07, 6.45) is 0. The number of hydrogen-bond acceptors (Lipinski definition) is 3. The van der Waals surface area contributed by atoms with Crippen molar-refractivity contribution in [3.63, 3.8) is 0 Å². The second-order valence-electron chi connectivity index (χ2n) is 6.04. The molecule has 0 bridgehead atoms. The van der Waals surface area contributed by atoms with Gasteiger partial charge in [0.25, 0.3) is 5.91 Å². The zero-order valence-corrected chi connectivity index (χ0v) is 13.8. The van der Waals surface area contributed by atoms with Gasteiger partial charge in [-0.1, -0.05) is 42.5 Å². The summed E-state index contributed by atoms with van der Waals surface area (Å²) in [5.74, 6) is 0.472. The first-order chi connectivity index (χ1) is 11.5. The molecule has 0 aromatic heterocycles. The maximum absolute atomic E-state index is 12.7. The summed E-state index contributed by atoms with van der Waals surface area (Å²) in [6, 6.07) is 16.5. The number of nitrogens with one attached hydrogen (secondary N) is 1. The lowest BCUT2D eigenvalue weighted by Crippen LogP contribution is -2.41. The van der Waals surface area contributed by atoms with Gasteiger partial charge in [-0.3, -0.25) is 9.69 Å². The van der Waals surface area contributed by atoms with Crippen LogP contribution in [0.25, 0.3) is 0 Å². The van der Waals surface area contributed by atoms with Crippen LogP contribution in [-0.2, 0) is 10.3 Å². The van der Waals surface area contributed by atoms with E-state index in [1.54, 1.807) is 6.92 Å². The minimum absolute atomic E-state index is 0.209. The van der Waals surface area contributed by atoms with Gasteiger partial charge in [0.05, 0.1) is 6.54 Å². The van der Waals surface area contributed by atoms with Crippen LogP contribution in [0, 0.1) is 6.92 Å². The van der Waals surface area contributed by atoms with Crippen molar-refractivity contribution >= 4 is 11.9 Å². The summed E-state index contributed by atoms with van der Waals surface area (Å²) >= 11 is 0. The molecule has 0 aliphatic carbocycles. The number of imide groups is 1. The molecule has 3 amide bonds. The van der Waals surface area contributed by atoms with E-state index in [1.165, 1.54) is 4.90 Å². The zero-order chi connectivity index (χ0) is 17.2. The number of carbonyl (C=O) groups excluding carboxylic acids is 2. The van der Waals surface area contributed by atoms with Gasteiger partial charge in [0.1, 0.15) is 17.9 Å². The van der Waals surface area contributed by atoms with Gasteiger partial charge in [0, 0.05) is 0 Å². The van der Waals surface area contributed by atoms with Crippen LogP contribution in [0.4, 0.5) is 4.79 Å². The molecular weight excluding hydrogens is 304 g/mol. The van der Waals surface area contributed by atoms with Gasteiger partial charge in [-0.15, -0.1) is 0 Å². The molecule has 0 spiro atoms. The van der Waals surface area contributed by atoms with Gasteiger partial charge in [0.2, 0.25) is 0 Å². The third kappa shape index (κ3) is 2.97. The SMILES string of the molecule is Cc1cccc(OCCN2C(=O)N[C@@](C)(c3ccccc3)C2=O)c1. The summed E-state index contributed by atoms with van der Waals surface area (Å²) in [4.78, 5) is 26.1. The Morgan fingerprint density at radius 3 is 2.54 bits per heavy atom. The van der Waals surface area contributed by atoms with Gasteiger partial charge < -0.3 is 10.1 Å². The van der Waals surface area contributed by atoms with Crippen LogP contribution >= 0.6 is 0 Å². The topological polar surface area (TPSA) is 58.6 Å². The average molecular weight is 324 g/mol. The molecule has 0 saturated carbocycles. The van der Waals surface area contributed by atoms with Crippen molar-refractivity contribution < 1.29 is 14.3 Å². The molecule has 124 valence electrons. The molecule has 1 saturated heterocycles. The monoisotopic (exact) mass is 324 g/mol. The van der Waals surface area contributed by atoms with E-state index in [2.05, 4.69) is 5.32 Å². The van der Waals surface area contributed by atoms with E-state index < -0.39 is 5.54 Å². The average Bonchev–Trinajstić information content (AvgIpc) is 2.80. The van der Waals surface area contributed by atoms with Gasteiger partial charge in [-0.05, 0) is 37.1 Å². The largest absolute Gasteiger partial charge is 0.492 e. The molecule has 1 heterocycles. The van der Waals surface area contributed by atoms with Crippen molar-refractivity contribution in [3.05, 3.63) is 65.7 Å². The number of amides is 3. The fourth-order valence-corrected chi connectivity index (χ4v) is 2.83. The molecule has 0 unspecified atom stereocenters. The van der Waals surface area contributed by atoms with E-state index in [0.717, 1.165) is 16.9 Å². The van der Waals surface area contributed by atoms with Crippen molar-refractivity contribution in [1.82, 2.24) is 10.2 Å². The second kappa shape index (κ2) is 6.35. The van der Waals surface area contributed by atoms with Crippen LogP contribution in [0.5, 0.6) is 5.75 Å². The lowest BCUT2D eigenvalue weighted by atomic mass is 9.92. The highest BCUT2D eigenvalue weighted by atomic mass is 16.5. The Bertz CT molecular complexity index is 760. The van der Waals surface area contributed by atoms with Crippen molar-refractivity contribution in [2.24, 2.45) is 0 Å². The van der Waals surface area contributed by atoms with Crippen LogP contribution in [0.15, 0.2) is 54.6 Å². The molecule has 1 fully saturated rings. The molecule has 1 N–H and O–H groups in total. The van der Waals surface area contributed by atoms with E-state index >= 15 is 0 Å². The van der Waals surface area contributed by atoms with Gasteiger partial charge in [0.15, 0.2) is 0 Å². The Kier molecular flexibility index (Phi) is 4.25. The minimum Gasteiger partial charge on any atom is -0.492 e. The van der Waals surface area contributed by atoms with Crippen LogP contribution in [0.2, 0.25) is 0 Å². The van der Waals surface area contributed by atoms with E-state index in [0.29, 0.717) is 0 Å². The van der Waals surface area contributed by atoms with Gasteiger partial charge in [-0.25, -0.2) is 4.79 Å². The molecule has 2 aromatic rings. The first kappa shape index (κ1) is 16.1. The van der Waals surface area contributed by atoms with E-state index in [4.69, 9.17) is 4.74 Å². The summed E-state index contributed by atoms with van der Waals surface area (Å²) in [7, 11) is 0. The molecule has 3 rings (SSSR count). The lowest BCUT2D eigenvalue weighted by Gasteiger charge is -2.22. The number of urea groups is 1. The molecular formula is C19H20N2O3. The maximum Gasteiger partial charge on any atom is 0.325 e. The Labute approximate surface area is 141 Å². The standard InChI is InChI=1S/C19H20N2O3/c1-14-7-6-10-16(13-14)24-12-11-21-17(22)19(2,20-18(21)23)15-8-4-3-5-9-15/h3-10,13H,11-12H2,1-2H3,(H,20,23)/t19-/m0/s1. The zero-order valence-electron chi connectivity index (χ0n) is 13.8. The highest BCUT2D eigenvalue weighted by Crippen LogP contribution is 2.28. The predicted molar refractivity (Wildman–Crippen MR) is 90.7 cm³/mol. The maximum atomic E-state index is 12.7. The quantitative estimate of drug-likeness (QED) is 0.861. The number of nitrogens with zero attached hydrogens (tertiary/aromatic N) is 1. The number of benzene rings is 2. The molecule has 0 radical (unpaired) electrons. The first-order valence-corrected chi connectivity index (χ1v) is 7.90. The van der Waals surface area contributed by atoms with E-state index in [-0.39, 0.29) is 25.1 Å².